The van der Waals surface area contributed by atoms with E-state index in [-0.39, 0.29) is 5.69 Å². The van der Waals surface area contributed by atoms with Gasteiger partial charge in [-0.25, -0.2) is 0 Å². The molecular weight excluding hydrogens is 299 g/mol. The maximum atomic E-state index is 10.7. The molecule has 0 aliphatic heterocycles. The van der Waals surface area contributed by atoms with E-state index in [0.29, 0.717) is 11.4 Å². The number of nitrogens with one attached hydrogen (secondary N) is 1. The van der Waals surface area contributed by atoms with Crippen molar-refractivity contribution in [2.75, 3.05) is 19.5 Å². The zero-order valence-electron chi connectivity index (χ0n) is 7.70. The maximum Gasteiger partial charge on any atom is 0.293 e. The molecule has 76 valence electrons. The minimum atomic E-state index is -0.423. The van der Waals surface area contributed by atoms with Crippen LogP contribution in [0.3, 0.4) is 0 Å². The van der Waals surface area contributed by atoms with Crippen molar-refractivity contribution in [3.05, 3.63) is 25.8 Å². The standard InChI is InChI=1S/C8H9IN2O3/c1-10-6-4-8(14-2)5(9)3-7(6)11(12)13/h3-4,10H,1-2H3. The molecule has 14 heavy (non-hydrogen) atoms. The normalized spacial score (nSPS) is 9.64. The summed E-state index contributed by atoms with van der Waals surface area (Å²) in [5.41, 5.74) is 0.505. The fraction of sp³-hybridized carbons (Fsp3) is 0.250. The first-order valence-electron chi connectivity index (χ1n) is 3.79. The van der Waals surface area contributed by atoms with Crippen molar-refractivity contribution in [1.82, 2.24) is 0 Å². The molecule has 6 heteroatoms. The zero-order chi connectivity index (χ0) is 10.7. The van der Waals surface area contributed by atoms with Crippen molar-refractivity contribution in [1.29, 1.82) is 0 Å². The van der Waals surface area contributed by atoms with Gasteiger partial charge in [-0.1, -0.05) is 0 Å². The van der Waals surface area contributed by atoms with Crippen LogP contribution in [0.4, 0.5) is 11.4 Å². The molecule has 0 saturated heterocycles. The van der Waals surface area contributed by atoms with Gasteiger partial charge in [-0.3, -0.25) is 10.1 Å². The van der Waals surface area contributed by atoms with E-state index in [2.05, 4.69) is 5.32 Å². The third-order valence-electron chi connectivity index (χ3n) is 1.74. The number of nitro groups is 1. The first-order chi connectivity index (χ1) is 6.60. The van der Waals surface area contributed by atoms with Gasteiger partial charge >= 0.3 is 0 Å². The molecule has 0 radical (unpaired) electrons. The second-order valence-electron chi connectivity index (χ2n) is 2.51. The summed E-state index contributed by atoms with van der Waals surface area (Å²) < 4.78 is 5.77. The number of ether oxygens (including phenoxy) is 1. The summed E-state index contributed by atoms with van der Waals surface area (Å²) in [7, 11) is 3.16. The second-order valence-corrected chi connectivity index (χ2v) is 3.67. The molecule has 0 aliphatic rings. The molecule has 0 aliphatic carbocycles. The Balaban J connectivity index is 3.31. The zero-order valence-corrected chi connectivity index (χ0v) is 9.86. The van der Waals surface area contributed by atoms with Crippen LogP contribution < -0.4 is 10.1 Å². The average Bonchev–Trinajstić information content (AvgIpc) is 2.17. The molecule has 1 aromatic carbocycles. The summed E-state index contributed by atoms with van der Waals surface area (Å²) in [5, 5.41) is 13.4. The summed E-state index contributed by atoms with van der Waals surface area (Å²) in [4.78, 5) is 10.2. The van der Waals surface area contributed by atoms with Crippen LogP contribution in [-0.4, -0.2) is 19.1 Å². The minimum absolute atomic E-state index is 0.0534. The third-order valence-corrected chi connectivity index (χ3v) is 2.58. The van der Waals surface area contributed by atoms with E-state index < -0.39 is 4.92 Å². The topological polar surface area (TPSA) is 64.4 Å². The maximum absolute atomic E-state index is 10.7. The number of nitro benzene ring substituents is 1. The molecule has 1 aromatic rings. The molecular formula is C8H9IN2O3. The van der Waals surface area contributed by atoms with Crippen molar-refractivity contribution < 1.29 is 9.66 Å². The first-order valence-corrected chi connectivity index (χ1v) is 4.87. The van der Waals surface area contributed by atoms with Gasteiger partial charge in [0, 0.05) is 19.2 Å². The molecule has 0 aromatic heterocycles. The van der Waals surface area contributed by atoms with Crippen LogP contribution in [0, 0.1) is 13.7 Å². The molecule has 0 fully saturated rings. The quantitative estimate of drug-likeness (QED) is 0.528. The lowest BCUT2D eigenvalue weighted by molar-refractivity contribution is -0.384. The van der Waals surface area contributed by atoms with Gasteiger partial charge in [0.15, 0.2) is 0 Å². The van der Waals surface area contributed by atoms with Crippen molar-refractivity contribution in [3.8, 4) is 5.75 Å². The molecule has 1 N–H and O–H groups in total. The van der Waals surface area contributed by atoms with Gasteiger partial charge in [0.25, 0.3) is 5.69 Å². The van der Waals surface area contributed by atoms with Gasteiger partial charge in [0.2, 0.25) is 0 Å². The van der Waals surface area contributed by atoms with E-state index in [1.807, 2.05) is 22.6 Å². The summed E-state index contributed by atoms with van der Waals surface area (Å²) in [6.45, 7) is 0. The Kier molecular flexibility index (Phi) is 3.50. The Morgan fingerprint density at radius 3 is 2.64 bits per heavy atom. The Morgan fingerprint density at radius 2 is 2.21 bits per heavy atom. The predicted octanol–water partition coefficient (Wildman–Crippen LogP) is 2.25. The second kappa shape index (κ2) is 4.45. The smallest absolute Gasteiger partial charge is 0.293 e. The number of hydrogen-bond acceptors (Lipinski definition) is 4. The van der Waals surface area contributed by atoms with Crippen LogP contribution in [0.5, 0.6) is 5.75 Å². The SMILES string of the molecule is CNc1cc(OC)c(I)cc1[N+](=O)[O-]. The lowest BCUT2D eigenvalue weighted by Gasteiger charge is -2.07. The van der Waals surface area contributed by atoms with Crippen LogP contribution in [0.15, 0.2) is 12.1 Å². The first kappa shape index (κ1) is 11.0. The molecule has 0 heterocycles. The van der Waals surface area contributed by atoms with Crippen LogP contribution in [0.2, 0.25) is 0 Å². The lowest BCUT2D eigenvalue weighted by Crippen LogP contribution is -1.98. The van der Waals surface area contributed by atoms with Gasteiger partial charge in [0.1, 0.15) is 11.4 Å². The Hall–Kier alpha value is -1.05. The molecule has 5 nitrogen and oxygen atoms in total. The summed E-state index contributed by atoms with van der Waals surface area (Å²) in [6, 6.07) is 3.09. The third kappa shape index (κ3) is 2.06. The van der Waals surface area contributed by atoms with E-state index >= 15 is 0 Å². The summed E-state index contributed by atoms with van der Waals surface area (Å²) >= 11 is 2.00. The van der Waals surface area contributed by atoms with Crippen LogP contribution in [-0.2, 0) is 0 Å². The molecule has 1 rings (SSSR count). The number of anilines is 1. The van der Waals surface area contributed by atoms with E-state index in [1.165, 1.54) is 13.2 Å². The molecule has 0 spiro atoms. The highest BCUT2D eigenvalue weighted by atomic mass is 127. The lowest BCUT2D eigenvalue weighted by atomic mass is 10.2. The van der Waals surface area contributed by atoms with Crippen LogP contribution >= 0.6 is 22.6 Å². The Morgan fingerprint density at radius 1 is 1.57 bits per heavy atom. The van der Waals surface area contributed by atoms with E-state index in [0.717, 1.165) is 3.57 Å². The molecule has 0 unspecified atom stereocenters. The predicted molar refractivity (Wildman–Crippen MR) is 61.9 cm³/mol. The number of methoxy groups -OCH3 is 1. The largest absolute Gasteiger partial charge is 0.496 e. The highest BCUT2D eigenvalue weighted by Gasteiger charge is 2.16. The average molecular weight is 308 g/mol. The van der Waals surface area contributed by atoms with Gasteiger partial charge in [-0.05, 0) is 22.6 Å². The van der Waals surface area contributed by atoms with Crippen molar-refractivity contribution in [2.24, 2.45) is 0 Å². The number of halogens is 1. The Bertz CT molecular complexity index is 368. The minimum Gasteiger partial charge on any atom is -0.496 e. The Labute approximate surface area is 94.7 Å². The molecule has 0 amide bonds. The summed E-state index contributed by atoms with van der Waals surface area (Å²) in [5.74, 6) is 0.626. The summed E-state index contributed by atoms with van der Waals surface area (Å²) in [6.07, 6.45) is 0. The molecule has 0 atom stereocenters. The highest BCUT2D eigenvalue weighted by molar-refractivity contribution is 14.1. The molecule has 0 bridgehead atoms. The van der Waals surface area contributed by atoms with Crippen molar-refractivity contribution in [3.63, 3.8) is 0 Å². The van der Waals surface area contributed by atoms with Crippen molar-refractivity contribution in [2.45, 2.75) is 0 Å². The number of nitrogens with zero attached hydrogens (tertiary/aromatic N) is 1. The van der Waals surface area contributed by atoms with Crippen LogP contribution in [0.25, 0.3) is 0 Å². The number of hydrogen-bond donors (Lipinski definition) is 1. The van der Waals surface area contributed by atoms with Gasteiger partial charge in [-0.2, -0.15) is 0 Å². The van der Waals surface area contributed by atoms with Gasteiger partial charge < -0.3 is 10.1 Å². The van der Waals surface area contributed by atoms with Crippen molar-refractivity contribution >= 4 is 34.0 Å². The monoisotopic (exact) mass is 308 g/mol. The molecule has 0 saturated carbocycles. The van der Waals surface area contributed by atoms with Gasteiger partial charge in [-0.15, -0.1) is 0 Å². The highest BCUT2D eigenvalue weighted by Crippen LogP contribution is 2.32. The van der Waals surface area contributed by atoms with E-state index in [1.54, 1.807) is 13.1 Å². The fourth-order valence-electron chi connectivity index (χ4n) is 1.05. The van der Waals surface area contributed by atoms with Crippen LogP contribution in [0.1, 0.15) is 0 Å². The number of benzene rings is 1. The number of rotatable bonds is 3. The van der Waals surface area contributed by atoms with Gasteiger partial charge in [0.05, 0.1) is 15.6 Å². The fourth-order valence-corrected chi connectivity index (χ4v) is 1.72. The van der Waals surface area contributed by atoms with E-state index in [4.69, 9.17) is 4.74 Å². The van der Waals surface area contributed by atoms with E-state index in [9.17, 15) is 10.1 Å².